The van der Waals surface area contributed by atoms with Gasteiger partial charge in [-0.2, -0.15) is 0 Å². The smallest absolute Gasteiger partial charge is 0.220 e. The normalized spacial score (nSPS) is 12.5. The summed E-state index contributed by atoms with van der Waals surface area (Å²) >= 11 is 0. The maximum Gasteiger partial charge on any atom is 0.220 e. The predicted molar refractivity (Wildman–Crippen MR) is 108 cm³/mol. The van der Waals surface area contributed by atoms with E-state index in [4.69, 9.17) is 4.99 Å². The molecular formula is C21H21N5. The van der Waals surface area contributed by atoms with Crippen LogP contribution in [0.25, 0.3) is 11.1 Å². The molecule has 0 atom stereocenters. The molecule has 5 heteroatoms. The number of hydrogen-bond donors (Lipinski definition) is 3. The summed E-state index contributed by atoms with van der Waals surface area (Å²) < 4.78 is 0. The molecule has 1 aliphatic heterocycles. The molecule has 1 aromatic heterocycles. The predicted octanol–water partition coefficient (Wildman–Crippen LogP) is 4.70. The lowest BCUT2D eigenvalue weighted by Gasteiger charge is -2.23. The van der Waals surface area contributed by atoms with E-state index in [0.29, 0.717) is 5.96 Å². The molecule has 2 aromatic carbocycles. The van der Waals surface area contributed by atoms with E-state index < -0.39 is 0 Å². The molecule has 1 aliphatic rings. The average molecular weight is 343 g/mol. The van der Waals surface area contributed by atoms with Crippen LogP contribution in [0.15, 0.2) is 59.9 Å². The van der Waals surface area contributed by atoms with Crippen molar-refractivity contribution in [1.29, 1.82) is 0 Å². The summed E-state index contributed by atoms with van der Waals surface area (Å²) in [5, 5.41) is 3.25. The third-order valence-corrected chi connectivity index (χ3v) is 4.55. The number of hydrazine groups is 1. The van der Waals surface area contributed by atoms with Crippen LogP contribution in [-0.4, -0.2) is 10.9 Å². The highest BCUT2D eigenvalue weighted by Gasteiger charge is 2.16. The first kappa shape index (κ1) is 16.1. The number of hydrogen-bond acceptors (Lipinski definition) is 5. The van der Waals surface area contributed by atoms with Crippen molar-refractivity contribution in [2.75, 3.05) is 10.7 Å². The second-order valence-electron chi connectivity index (χ2n) is 6.53. The second kappa shape index (κ2) is 6.52. The molecule has 0 amide bonds. The van der Waals surface area contributed by atoms with E-state index in [9.17, 15) is 0 Å². The molecule has 3 aromatic rings. The molecule has 4 rings (SSSR count). The van der Waals surface area contributed by atoms with Crippen LogP contribution in [0, 0.1) is 20.8 Å². The van der Waals surface area contributed by atoms with Crippen molar-refractivity contribution in [2.24, 2.45) is 4.99 Å². The number of nitrogens with one attached hydrogen (secondary N) is 3. The van der Waals surface area contributed by atoms with E-state index in [-0.39, 0.29) is 0 Å². The number of anilines is 2. The molecular weight excluding hydrogens is 322 g/mol. The van der Waals surface area contributed by atoms with E-state index in [2.05, 4.69) is 72.3 Å². The Kier molecular flexibility index (Phi) is 4.05. The molecule has 0 aliphatic carbocycles. The number of pyridine rings is 1. The lowest BCUT2D eigenvalue weighted by molar-refractivity contribution is 1.07. The average Bonchev–Trinajstić information content (AvgIpc) is 2.63. The van der Waals surface area contributed by atoms with Crippen LogP contribution in [0.5, 0.6) is 0 Å². The van der Waals surface area contributed by atoms with Gasteiger partial charge in [0.25, 0.3) is 0 Å². The highest BCUT2D eigenvalue weighted by molar-refractivity contribution is 6.00. The highest BCUT2D eigenvalue weighted by atomic mass is 15.5. The Labute approximate surface area is 153 Å². The first-order valence-electron chi connectivity index (χ1n) is 8.61. The molecule has 0 saturated heterocycles. The van der Waals surface area contributed by atoms with Gasteiger partial charge in [-0.3, -0.25) is 15.8 Å². The first-order chi connectivity index (χ1) is 12.6. The zero-order chi connectivity index (χ0) is 18.1. The van der Waals surface area contributed by atoms with Gasteiger partial charge in [0.15, 0.2) is 0 Å². The first-order valence-corrected chi connectivity index (χ1v) is 8.61. The summed E-state index contributed by atoms with van der Waals surface area (Å²) in [7, 11) is 0. The number of benzene rings is 2. The van der Waals surface area contributed by atoms with E-state index in [1.54, 1.807) is 12.4 Å². The van der Waals surface area contributed by atoms with Gasteiger partial charge in [-0.25, -0.2) is 4.99 Å². The number of aryl methyl sites for hydroxylation is 3. The van der Waals surface area contributed by atoms with Crippen molar-refractivity contribution in [3.8, 4) is 11.1 Å². The van der Waals surface area contributed by atoms with Gasteiger partial charge in [-0.15, -0.1) is 0 Å². The lowest BCUT2D eigenvalue weighted by atomic mass is 9.93. The van der Waals surface area contributed by atoms with Crippen LogP contribution < -0.4 is 16.2 Å². The molecule has 0 radical (unpaired) electrons. The molecule has 5 nitrogen and oxygen atoms in total. The van der Waals surface area contributed by atoms with E-state index in [1.165, 1.54) is 22.3 Å². The van der Waals surface area contributed by atoms with Gasteiger partial charge in [-0.1, -0.05) is 18.2 Å². The van der Waals surface area contributed by atoms with Gasteiger partial charge in [0.05, 0.1) is 11.4 Å². The molecule has 2 heterocycles. The maximum atomic E-state index is 4.73. The van der Waals surface area contributed by atoms with Crippen molar-refractivity contribution >= 4 is 23.0 Å². The van der Waals surface area contributed by atoms with Crippen LogP contribution in [0.2, 0.25) is 0 Å². The molecule has 0 saturated carbocycles. The third-order valence-electron chi connectivity index (χ3n) is 4.55. The number of guanidine groups is 1. The summed E-state index contributed by atoms with van der Waals surface area (Å²) in [4.78, 5) is 8.76. The van der Waals surface area contributed by atoms with Gasteiger partial charge >= 0.3 is 0 Å². The zero-order valence-corrected chi connectivity index (χ0v) is 15.1. The summed E-state index contributed by atoms with van der Waals surface area (Å²) in [5.41, 5.74) is 15.4. The van der Waals surface area contributed by atoms with E-state index >= 15 is 0 Å². The minimum atomic E-state index is 0.659. The fourth-order valence-electron chi connectivity index (χ4n) is 3.33. The summed E-state index contributed by atoms with van der Waals surface area (Å²) in [6.45, 7) is 6.39. The van der Waals surface area contributed by atoms with Gasteiger partial charge in [0, 0.05) is 18.1 Å². The van der Waals surface area contributed by atoms with Crippen molar-refractivity contribution in [3.05, 3.63) is 71.5 Å². The summed E-state index contributed by atoms with van der Waals surface area (Å²) in [5.74, 6) is 0.659. The molecule has 0 spiro atoms. The number of nitrogens with zero attached hydrogens (tertiary/aromatic N) is 2. The lowest BCUT2D eigenvalue weighted by Crippen LogP contribution is -2.37. The molecule has 0 bridgehead atoms. The topological polar surface area (TPSA) is 61.3 Å². The number of rotatable bonds is 2. The summed E-state index contributed by atoms with van der Waals surface area (Å²) in [6.07, 6.45) is 3.49. The van der Waals surface area contributed by atoms with Crippen LogP contribution in [0.3, 0.4) is 0 Å². The zero-order valence-electron chi connectivity index (χ0n) is 15.1. The second-order valence-corrected chi connectivity index (χ2v) is 6.53. The highest BCUT2D eigenvalue weighted by Crippen LogP contribution is 2.37. The van der Waals surface area contributed by atoms with Gasteiger partial charge in [0.2, 0.25) is 5.96 Å². The molecule has 26 heavy (non-hydrogen) atoms. The van der Waals surface area contributed by atoms with Crippen LogP contribution in [0.4, 0.5) is 17.1 Å². The van der Waals surface area contributed by atoms with Gasteiger partial charge < -0.3 is 5.32 Å². The molecule has 130 valence electrons. The summed E-state index contributed by atoms with van der Waals surface area (Å²) in [6, 6.07) is 14.6. The van der Waals surface area contributed by atoms with Crippen LogP contribution in [-0.2, 0) is 0 Å². The van der Waals surface area contributed by atoms with E-state index in [1.807, 2.05) is 12.1 Å². The minimum Gasteiger partial charge on any atom is -0.325 e. The van der Waals surface area contributed by atoms with Crippen LogP contribution >= 0.6 is 0 Å². The molecule has 0 unspecified atom stereocenters. The maximum absolute atomic E-state index is 4.73. The third kappa shape index (κ3) is 2.99. The Balaban J connectivity index is 1.71. The van der Waals surface area contributed by atoms with Crippen molar-refractivity contribution < 1.29 is 0 Å². The number of fused-ring (bicyclic) bond motifs is 1. The Bertz CT molecular complexity index is 973. The fourth-order valence-corrected chi connectivity index (χ4v) is 3.33. The van der Waals surface area contributed by atoms with Gasteiger partial charge in [0.1, 0.15) is 0 Å². The molecule has 3 N–H and O–H groups in total. The monoisotopic (exact) mass is 343 g/mol. The Hall–Kier alpha value is -3.34. The van der Waals surface area contributed by atoms with Crippen molar-refractivity contribution in [3.63, 3.8) is 0 Å². The SMILES string of the molecule is Cc1cc(-c2c(C)cccc2C)cc2c1N=C(Nc1ccncc1)NN2. The fraction of sp³-hybridized carbons (Fsp3) is 0.143. The quantitative estimate of drug-likeness (QED) is 0.631. The number of aromatic nitrogens is 1. The standard InChI is InChI=1S/C21H21N5/c1-13-5-4-6-14(2)19(13)16-11-15(3)20-18(12-16)25-26-21(24-20)23-17-7-9-22-10-8-17/h4-12,25H,1-3H3,(H2,22,23,24,26). The van der Waals surface area contributed by atoms with Gasteiger partial charge in [-0.05, 0) is 72.9 Å². The largest absolute Gasteiger partial charge is 0.325 e. The van der Waals surface area contributed by atoms with E-state index in [0.717, 1.165) is 22.6 Å². The Morgan fingerprint density at radius 1 is 0.846 bits per heavy atom. The van der Waals surface area contributed by atoms with Crippen LogP contribution in [0.1, 0.15) is 16.7 Å². The van der Waals surface area contributed by atoms with Crippen molar-refractivity contribution in [2.45, 2.75) is 20.8 Å². The Morgan fingerprint density at radius 3 is 2.31 bits per heavy atom. The van der Waals surface area contributed by atoms with Crippen molar-refractivity contribution in [1.82, 2.24) is 10.4 Å². The minimum absolute atomic E-state index is 0.659. The number of aliphatic imine (C=N–C) groups is 1. The Morgan fingerprint density at radius 2 is 1.58 bits per heavy atom. The molecule has 0 fully saturated rings.